The minimum atomic E-state index is -2.88. The molecule has 1 aliphatic rings. The Morgan fingerprint density at radius 2 is 1.62 bits per heavy atom. The molecule has 6 N–H and O–H groups in total. The number of hydrogen-bond donors (Lipinski definition) is 6. The predicted molar refractivity (Wildman–Crippen MR) is 37.1 cm³/mol. The molecule has 0 unspecified atom stereocenters. The standard InChI is InChI=1S/C6H12O7/c7-1-2-3(8)6(11,12)4(9)5(10)13-2/h2-5,7-12H,1H2/t2-,3-,4-,5-/m1/s1. The van der Waals surface area contributed by atoms with Gasteiger partial charge in [0.25, 0.3) is 0 Å². The van der Waals surface area contributed by atoms with Gasteiger partial charge in [-0.05, 0) is 0 Å². The van der Waals surface area contributed by atoms with E-state index in [0.29, 0.717) is 0 Å². The second-order valence-electron chi connectivity index (χ2n) is 2.92. The summed E-state index contributed by atoms with van der Waals surface area (Å²) in [6.07, 6.45) is -7.11. The zero-order chi connectivity index (χ0) is 10.2. The molecular formula is C6H12O7. The molecule has 0 radical (unpaired) electrons. The average Bonchev–Trinajstić information content (AvgIpc) is 2.09. The number of hydrogen-bond acceptors (Lipinski definition) is 7. The topological polar surface area (TPSA) is 131 Å². The molecule has 7 nitrogen and oxygen atoms in total. The molecule has 1 fully saturated rings. The van der Waals surface area contributed by atoms with Crippen LogP contribution < -0.4 is 0 Å². The third kappa shape index (κ3) is 1.67. The summed E-state index contributed by atoms with van der Waals surface area (Å²) in [6.45, 7) is -0.701. The highest BCUT2D eigenvalue weighted by Crippen LogP contribution is 2.26. The van der Waals surface area contributed by atoms with E-state index in [-0.39, 0.29) is 0 Å². The van der Waals surface area contributed by atoms with Crippen molar-refractivity contribution in [2.24, 2.45) is 0 Å². The Morgan fingerprint density at radius 3 is 2.08 bits per heavy atom. The van der Waals surface area contributed by atoms with Crippen LogP contribution in [0, 0.1) is 0 Å². The van der Waals surface area contributed by atoms with Crippen molar-refractivity contribution in [3.05, 3.63) is 0 Å². The van der Waals surface area contributed by atoms with Crippen LogP contribution in [-0.4, -0.2) is 67.6 Å². The zero-order valence-electron chi connectivity index (χ0n) is 6.61. The first-order valence-electron chi connectivity index (χ1n) is 3.66. The summed E-state index contributed by atoms with van der Waals surface area (Å²) in [4.78, 5) is 0. The lowest BCUT2D eigenvalue weighted by Crippen LogP contribution is -2.67. The summed E-state index contributed by atoms with van der Waals surface area (Å²) in [6, 6.07) is 0. The van der Waals surface area contributed by atoms with Crippen molar-refractivity contribution in [1.82, 2.24) is 0 Å². The number of aliphatic hydroxyl groups is 6. The fourth-order valence-corrected chi connectivity index (χ4v) is 1.13. The van der Waals surface area contributed by atoms with Gasteiger partial charge in [-0.1, -0.05) is 0 Å². The van der Waals surface area contributed by atoms with Crippen molar-refractivity contribution in [2.45, 2.75) is 30.4 Å². The van der Waals surface area contributed by atoms with Crippen molar-refractivity contribution >= 4 is 0 Å². The normalized spacial score (nSPS) is 44.8. The van der Waals surface area contributed by atoms with Crippen LogP contribution in [0.15, 0.2) is 0 Å². The van der Waals surface area contributed by atoms with Crippen LogP contribution in [-0.2, 0) is 4.74 Å². The van der Waals surface area contributed by atoms with Crippen molar-refractivity contribution in [1.29, 1.82) is 0 Å². The van der Waals surface area contributed by atoms with Crippen LogP contribution in [0.25, 0.3) is 0 Å². The first kappa shape index (κ1) is 10.8. The third-order valence-electron chi connectivity index (χ3n) is 1.99. The Balaban J connectivity index is 2.82. The Kier molecular flexibility index (Phi) is 2.88. The maximum Gasteiger partial charge on any atom is 0.224 e. The Labute approximate surface area is 73.4 Å². The van der Waals surface area contributed by atoms with Crippen molar-refractivity contribution in [3.8, 4) is 0 Å². The van der Waals surface area contributed by atoms with Gasteiger partial charge in [0.1, 0.15) is 12.2 Å². The highest BCUT2D eigenvalue weighted by molar-refractivity contribution is 4.93. The van der Waals surface area contributed by atoms with Crippen LogP contribution in [0.1, 0.15) is 0 Å². The number of ether oxygens (including phenoxy) is 1. The average molecular weight is 196 g/mol. The first-order valence-corrected chi connectivity index (χ1v) is 3.66. The van der Waals surface area contributed by atoms with Crippen molar-refractivity contribution < 1.29 is 35.4 Å². The lowest BCUT2D eigenvalue weighted by molar-refractivity contribution is -0.381. The summed E-state index contributed by atoms with van der Waals surface area (Å²) in [5, 5.41) is 53.8. The molecule has 0 saturated carbocycles. The van der Waals surface area contributed by atoms with Crippen LogP contribution in [0.2, 0.25) is 0 Å². The Bertz CT molecular complexity index is 182. The molecule has 7 heteroatoms. The van der Waals surface area contributed by atoms with Crippen molar-refractivity contribution in [3.63, 3.8) is 0 Å². The third-order valence-corrected chi connectivity index (χ3v) is 1.99. The second-order valence-corrected chi connectivity index (χ2v) is 2.92. The van der Waals surface area contributed by atoms with Crippen LogP contribution >= 0.6 is 0 Å². The Hall–Kier alpha value is -0.280. The predicted octanol–water partition coefficient (Wildman–Crippen LogP) is -3.90. The summed E-state index contributed by atoms with van der Waals surface area (Å²) in [7, 11) is 0. The smallest absolute Gasteiger partial charge is 0.224 e. The highest BCUT2D eigenvalue weighted by Gasteiger charge is 2.53. The number of aliphatic hydroxyl groups excluding tert-OH is 4. The van der Waals surface area contributed by atoms with Gasteiger partial charge in [0.15, 0.2) is 12.4 Å². The summed E-state index contributed by atoms with van der Waals surface area (Å²) in [5.41, 5.74) is 0. The maximum absolute atomic E-state index is 9.13. The van der Waals surface area contributed by atoms with Gasteiger partial charge in [-0.2, -0.15) is 0 Å². The SMILES string of the molecule is OC[C@H]1O[C@@H](O)[C@@H](O)C(O)(O)[C@@H]1O. The molecule has 78 valence electrons. The van der Waals surface area contributed by atoms with E-state index >= 15 is 0 Å². The molecule has 13 heavy (non-hydrogen) atoms. The fraction of sp³-hybridized carbons (Fsp3) is 1.00. The second kappa shape index (κ2) is 3.46. The largest absolute Gasteiger partial charge is 0.394 e. The molecule has 0 aliphatic carbocycles. The highest BCUT2D eigenvalue weighted by atomic mass is 16.7. The fourth-order valence-electron chi connectivity index (χ4n) is 1.13. The molecule has 1 saturated heterocycles. The molecule has 0 aromatic carbocycles. The monoisotopic (exact) mass is 196 g/mol. The lowest BCUT2D eigenvalue weighted by atomic mass is 9.95. The van der Waals surface area contributed by atoms with E-state index in [4.69, 9.17) is 30.6 Å². The molecule has 0 bridgehead atoms. The van der Waals surface area contributed by atoms with Gasteiger partial charge in [0.2, 0.25) is 5.79 Å². The molecule has 4 atom stereocenters. The van der Waals surface area contributed by atoms with E-state index in [0.717, 1.165) is 0 Å². The quantitative estimate of drug-likeness (QED) is 0.236. The summed E-state index contributed by atoms with van der Waals surface area (Å²) < 4.78 is 4.48. The molecule has 0 aromatic heterocycles. The van der Waals surface area contributed by atoms with Gasteiger partial charge < -0.3 is 35.4 Å². The van der Waals surface area contributed by atoms with E-state index in [2.05, 4.69) is 4.74 Å². The zero-order valence-corrected chi connectivity index (χ0v) is 6.61. The van der Waals surface area contributed by atoms with Gasteiger partial charge in [0.05, 0.1) is 6.61 Å². The molecule has 0 amide bonds. The van der Waals surface area contributed by atoms with E-state index in [9.17, 15) is 0 Å². The lowest BCUT2D eigenvalue weighted by Gasteiger charge is -2.42. The molecule has 1 rings (SSSR count). The summed E-state index contributed by atoms with van der Waals surface area (Å²) in [5.74, 6) is -2.88. The molecule has 1 aliphatic heterocycles. The number of rotatable bonds is 1. The van der Waals surface area contributed by atoms with E-state index < -0.39 is 37.0 Å². The van der Waals surface area contributed by atoms with Crippen molar-refractivity contribution in [2.75, 3.05) is 6.61 Å². The maximum atomic E-state index is 9.13. The summed E-state index contributed by atoms with van der Waals surface area (Å²) >= 11 is 0. The first-order chi connectivity index (χ1) is 5.91. The van der Waals surface area contributed by atoms with Crippen LogP contribution in [0.3, 0.4) is 0 Å². The van der Waals surface area contributed by atoms with E-state index in [1.54, 1.807) is 0 Å². The molecule has 0 aromatic rings. The van der Waals surface area contributed by atoms with E-state index in [1.807, 2.05) is 0 Å². The van der Waals surface area contributed by atoms with E-state index in [1.165, 1.54) is 0 Å². The molecular weight excluding hydrogens is 184 g/mol. The molecule has 1 heterocycles. The van der Waals surface area contributed by atoms with Gasteiger partial charge in [-0.25, -0.2) is 0 Å². The Morgan fingerprint density at radius 1 is 1.08 bits per heavy atom. The van der Waals surface area contributed by atoms with Gasteiger partial charge >= 0.3 is 0 Å². The van der Waals surface area contributed by atoms with Gasteiger partial charge in [-0.15, -0.1) is 0 Å². The minimum absolute atomic E-state index is 0.701. The van der Waals surface area contributed by atoms with Gasteiger partial charge in [-0.3, -0.25) is 0 Å². The minimum Gasteiger partial charge on any atom is -0.394 e. The van der Waals surface area contributed by atoms with Crippen LogP contribution in [0.5, 0.6) is 0 Å². The molecule has 0 spiro atoms. The van der Waals surface area contributed by atoms with Gasteiger partial charge in [0, 0.05) is 0 Å². The van der Waals surface area contributed by atoms with Crippen LogP contribution in [0.4, 0.5) is 0 Å².